The summed E-state index contributed by atoms with van der Waals surface area (Å²) in [5.74, 6) is 0. The maximum absolute atomic E-state index is 6.14. The minimum absolute atomic E-state index is 0.591. The third-order valence-corrected chi connectivity index (χ3v) is 4.86. The van der Waals surface area contributed by atoms with E-state index in [1.54, 1.807) is 0 Å². The van der Waals surface area contributed by atoms with Gasteiger partial charge in [0.25, 0.3) is 0 Å². The molecule has 4 aromatic carbocycles. The van der Waals surface area contributed by atoms with Crippen LogP contribution in [-0.2, 0) is 0 Å². The van der Waals surface area contributed by atoms with E-state index in [-0.39, 0.29) is 0 Å². The topological polar surface area (TPSA) is 88.3 Å². The number of benzene rings is 4. The van der Waals surface area contributed by atoms with E-state index >= 15 is 0 Å². The summed E-state index contributed by atoms with van der Waals surface area (Å²) in [5, 5.41) is 16.6. The molecule has 140 valence electrons. The highest BCUT2D eigenvalue weighted by Gasteiger charge is 2.09. The van der Waals surface area contributed by atoms with Crippen molar-refractivity contribution < 1.29 is 4.42 Å². The van der Waals surface area contributed by atoms with E-state index in [9.17, 15) is 0 Å². The van der Waals surface area contributed by atoms with Crippen LogP contribution in [0.5, 0.6) is 0 Å². The lowest BCUT2D eigenvalue weighted by Gasteiger charge is -2.04. The lowest BCUT2D eigenvalue weighted by Crippen LogP contribution is -1.85. The maximum atomic E-state index is 6.14. The average molecular weight is 379 g/mol. The number of nitrogens with two attached hydrogens (primary N) is 1. The minimum Gasteiger partial charge on any atom is -0.456 e. The minimum atomic E-state index is 0.591. The van der Waals surface area contributed by atoms with Crippen molar-refractivity contribution in [3.8, 4) is 0 Å². The lowest BCUT2D eigenvalue weighted by molar-refractivity contribution is 0.669. The lowest BCUT2D eigenvalue weighted by atomic mass is 10.1. The van der Waals surface area contributed by atoms with Crippen LogP contribution >= 0.6 is 0 Å². The van der Waals surface area contributed by atoms with Crippen LogP contribution in [0.4, 0.5) is 22.7 Å². The van der Waals surface area contributed by atoms with Gasteiger partial charge in [-0.3, -0.25) is 5.43 Å². The molecule has 6 heteroatoms. The van der Waals surface area contributed by atoms with Crippen molar-refractivity contribution >= 4 is 62.2 Å². The Morgan fingerprint density at radius 3 is 2.45 bits per heavy atom. The Balaban J connectivity index is 1.57. The van der Waals surface area contributed by atoms with Crippen LogP contribution in [0.1, 0.15) is 0 Å². The van der Waals surface area contributed by atoms with Gasteiger partial charge in [0.05, 0.1) is 17.1 Å². The largest absolute Gasteiger partial charge is 0.456 e. The number of azo groups is 1. The Morgan fingerprint density at radius 1 is 0.793 bits per heavy atom. The summed E-state index contributed by atoms with van der Waals surface area (Å²) in [6, 6.07) is 23.4. The number of hydrazone groups is 1. The Hall–Kier alpha value is -4.19. The van der Waals surface area contributed by atoms with Crippen LogP contribution in [0.25, 0.3) is 32.7 Å². The number of hydrogen-bond acceptors (Lipinski definition) is 6. The molecule has 3 N–H and O–H groups in total. The zero-order valence-corrected chi connectivity index (χ0v) is 15.5. The molecule has 0 spiro atoms. The van der Waals surface area contributed by atoms with Crippen LogP contribution in [0.15, 0.2) is 92.5 Å². The number of hydrogen-bond donors (Lipinski definition) is 2. The predicted octanol–water partition coefficient (Wildman–Crippen LogP) is 6.76. The molecule has 1 heterocycles. The van der Waals surface area contributed by atoms with E-state index in [4.69, 9.17) is 10.2 Å². The first-order valence-electron chi connectivity index (χ1n) is 9.10. The normalized spacial score (nSPS) is 11.6. The van der Waals surface area contributed by atoms with E-state index in [0.29, 0.717) is 17.1 Å². The Bertz CT molecular complexity index is 1420. The number of furan rings is 1. The summed E-state index contributed by atoms with van der Waals surface area (Å²) in [5.41, 5.74) is 13.2. The summed E-state index contributed by atoms with van der Waals surface area (Å²) >= 11 is 0. The molecule has 0 fully saturated rings. The van der Waals surface area contributed by atoms with Crippen molar-refractivity contribution in [1.82, 2.24) is 0 Å². The van der Waals surface area contributed by atoms with E-state index < -0.39 is 0 Å². The highest BCUT2D eigenvalue weighted by molar-refractivity contribution is 6.06. The first-order valence-corrected chi connectivity index (χ1v) is 9.10. The first-order chi connectivity index (χ1) is 14.2. The molecular formula is C23H17N5O. The van der Waals surface area contributed by atoms with Crippen LogP contribution in [-0.4, -0.2) is 6.72 Å². The second kappa shape index (κ2) is 6.76. The molecule has 0 unspecified atom stereocenters. The van der Waals surface area contributed by atoms with Crippen molar-refractivity contribution in [2.24, 2.45) is 15.3 Å². The molecule has 0 saturated carbocycles. The third-order valence-electron chi connectivity index (χ3n) is 4.86. The van der Waals surface area contributed by atoms with Crippen LogP contribution < -0.4 is 11.2 Å². The maximum Gasteiger partial charge on any atom is 0.137 e. The fraction of sp³-hybridized carbons (Fsp3) is 0. The van der Waals surface area contributed by atoms with Gasteiger partial charge < -0.3 is 10.2 Å². The molecular weight excluding hydrogens is 362 g/mol. The average Bonchev–Trinajstić information content (AvgIpc) is 3.10. The zero-order chi connectivity index (χ0) is 19.8. The monoisotopic (exact) mass is 379 g/mol. The van der Waals surface area contributed by atoms with Gasteiger partial charge in [-0.15, -0.1) is 5.11 Å². The fourth-order valence-corrected chi connectivity index (χ4v) is 3.48. The number of nitrogens with zero attached hydrogens (tertiary/aromatic N) is 3. The van der Waals surface area contributed by atoms with E-state index in [1.165, 1.54) is 0 Å². The SMILES string of the molecule is C=NNc1ccc2c(c1)oc1cc(N=Nc3c(N)ccc4ccccc34)ccc12. The van der Waals surface area contributed by atoms with Gasteiger partial charge in [0.1, 0.15) is 16.9 Å². The van der Waals surface area contributed by atoms with Crippen molar-refractivity contribution in [2.75, 3.05) is 11.2 Å². The summed E-state index contributed by atoms with van der Waals surface area (Å²) in [7, 11) is 0. The number of nitrogen functional groups attached to an aromatic ring is 1. The molecule has 0 aliphatic rings. The first kappa shape index (κ1) is 16.9. The van der Waals surface area contributed by atoms with E-state index in [2.05, 4.69) is 27.5 Å². The highest BCUT2D eigenvalue weighted by Crippen LogP contribution is 2.35. The van der Waals surface area contributed by atoms with Crippen LogP contribution in [0.3, 0.4) is 0 Å². The second-order valence-corrected chi connectivity index (χ2v) is 6.69. The molecule has 29 heavy (non-hydrogen) atoms. The molecule has 0 aliphatic heterocycles. The molecule has 0 bridgehead atoms. The van der Waals surface area contributed by atoms with Gasteiger partial charge >= 0.3 is 0 Å². The Morgan fingerprint density at radius 2 is 1.59 bits per heavy atom. The summed E-state index contributed by atoms with van der Waals surface area (Å²) < 4.78 is 6.00. The molecule has 0 atom stereocenters. The van der Waals surface area contributed by atoms with Gasteiger partial charge in [0, 0.05) is 35.0 Å². The van der Waals surface area contributed by atoms with Crippen molar-refractivity contribution in [3.05, 3.63) is 72.8 Å². The molecule has 0 amide bonds. The van der Waals surface area contributed by atoms with Crippen molar-refractivity contribution in [3.63, 3.8) is 0 Å². The van der Waals surface area contributed by atoms with E-state index in [1.807, 2.05) is 72.8 Å². The summed E-state index contributed by atoms with van der Waals surface area (Å²) in [6.45, 7) is 3.44. The predicted molar refractivity (Wildman–Crippen MR) is 119 cm³/mol. The summed E-state index contributed by atoms with van der Waals surface area (Å²) in [4.78, 5) is 0. The smallest absolute Gasteiger partial charge is 0.137 e. The molecule has 0 radical (unpaired) electrons. The zero-order valence-electron chi connectivity index (χ0n) is 15.5. The van der Waals surface area contributed by atoms with Crippen molar-refractivity contribution in [1.29, 1.82) is 0 Å². The highest BCUT2D eigenvalue weighted by atomic mass is 16.3. The number of anilines is 2. The quantitative estimate of drug-likeness (QED) is 0.156. The van der Waals surface area contributed by atoms with Gasteiger partial charge in [-0.2, -0.15) is 10.2 Å². The number of rotatable bonds is 4. The van der Waals surface area contributed by atoms with Gasteiger partial charge in [-0.05, 0) is 35.7 Å². The third kappa shape index (κ3) is 2.96. The van der Waals surface area contributed by atoms with Gasteiger partial charge in [-0.25, -0.2) is 0 Å². The number of nitrogens with one attached hydrogen (secondary N) is 1. The van der Waals surface area contributed by atoms with Crippen LogP contribution in [0.2, 0.25) is 0 Å². The molecule has 6 nitrogen and oxygen atoms in total. The molecule has 0 aliphatic carbocycles. The molecule has 5 rings (SSSR count). The number of fused-ring (bicyclic) bond motifs is 4. The summed E-state index contributed by atoms with van der Waals surface area (Å²) in [6.07, 6.45) is 0. The molecule has 5 aromatic rings. The van der Waals surface area contributed by atoms with Gasteiger partial charge in [-0.1, -0.05) is 30.3 Å². The van der Waals surface area contributed by atoms with Gasteiger partial charge in [0.2, 0.25) is 0 Å². The van der Waals surface area contributed by atoms with Crippen molar-refractivity contribution in [2.45, 2.75) is 0 Å². The molecule has 1 aromatic heterocycles. The Kier molecular flexibility index (Phi) is 3.95. The van der Waals surface area contributed by atoms with E-state index in [0.717, 1.165) is 38.4 Å². The van der Waals surface area contributed by atoms with Gasteiger partial charge in [0.15, 0.2) is 0 Å². The standard InChI is InChI=1S/C23H17N5O/c1-25-26-15-7-9-18-19-10-8-16(13-22(19)29-21(18)12-15)27-28-23-17-5-3-2-4-14(17)6-11-20(23)24/h2-13,26H,1,24H2. The second-order valence-electron chi connectivity index (χ2n) is 6.69. The Labute approximate surface area is 166 Å². The van der Waals surface area contributed by atoms with Crippen LogP contribution in [0, 0.1) is 0 Å². The fourth-order valence-electron chi connectivity index (χ4n) is 3.48. The molecule has 0 saturated heterocycles.